The lowest BCUT2D eigenvalue weighted by Gasteiger charge is -2.27. The Morgan fingerprint density at radius 2 is 2.20 bits per heavy atom. The number of aliphatic hydroxyl groups is 1. The van der Waals surface area contributed by atoms with Crippen molar-refractivity contribution >= 4 is 52.9 Å². The van der Waals surface area contributed by atoms with Crippen LogP contribution in [-0.2, 0) is 4.74 Å². The fraction of sp³-hybridized carbons (Fsp3) is 0.706. The summed E-state index contributed by atoms with van der Waals surface area (Å²) >= 11 is 7.32. The molecule has 1 saturated heterocycles. The molecule has 1 aliphatic heterocycles. The molecule has 0 bridgehead atoms. The highest BCUT2D eigenvalue weighted by Crippen LogP contribution is 2.27. The van der Waals surface area contributed by atoms with Crippen LogP contribution in [0.1, 0.15) is 37.2 Å². The molecule has 25 heavy (non-hydrogen) atoms. The fourth-order valence-corrected chi connectivity index (χ4v) is 3.80. The first-order valence-electron chi connectivity index (χ1n) is 8.60. The molecule has 1 unspecified atom stereocenters. The zero-order chi connectivity index (χ0) is 17.4. The molecule has 1 aromatic heterocycles. The third-order valence-electron chi connectivity index (χ3n) is 4.25. The van der Waals surface area contributed by atoms with Gasteiger partial charge in [-0.25, -0.2) is 0 Å². The molecule has 0 amide bonds. The van der Waals surface area contributed by atoms with Gasteiger partial charge in [0.05, 0.1) is 10.9 Å². The average molecular weight is 502 g/mol. The maximum Gasteiger partial charge on any atom is 0.193 e. The summed E-state index contributed by atoms with van der Waals surface area (Å²) < 4.78 is 6.10. The molecule has 2 N–H and O–H groups in total. The minimum Gasteiger partial charge on any atom is -0.386 e. The molecule has 1 aliphatic rings. The van der Waals surface area contributed by atoms with Crippen LogP contribution in [0.3, 0.4) is 0 Å². The van der Waals surface area contributed by atoms with E-state index in [0.717, 1.165) is 62.3 Å². The van der Waals surface area contributed by atoms with E-state index in [-0.39, 0.29) is 24.0 Å². The molecule has 8 heteroatoms. The zero-order valence-corrected chi connectivity index (χ0v) is 18.8. The molecule has 0 saturated carbocycles. The minimum atomic E-state index is -0.611. The number of rotatable bonds is 7. The summed E-state index contributed by atoms with van der Waals surface area (Å²) in [6, 6.07) is 3.66. The highest BCUT2D eigenvalue weighted by molar-refractivity contribution is 14.0. The molecule has 144 valence electrons. The molecular formula is C17H29ClIN3O2S. The van der Waals surface area contributed by atoms with Crippen LogP contribution in [0, 0.1) is 5.92 Å². The van der Waals surface area contributed by atoms with Crippen molar-refractivity contribution in [1.82, 2.24) is 10.2 Å². The highest BCUT2D eigenvalue weighted by Gasteiger charge is 2.16. The van der Waals surface area contributed by atoms with E-state index in [0.29, 0.717) is 10.9 Å². The predicted octanol–water partition coefficient (Wildman–Crippen LogP) is 3.77. The van der Waals surface area contributed by atoms with E-state index in [2.05, 4.69) is 29.2 Å². The number of nitrogens with one attached hydrogen (secondary N) is 1. The van der Waals surface area contributed by atoms with E-state index in [1.54, 1.807) is 6.07 Å². The molecule has 0 spiro atoms. The molecule has 1 atom stereocenters. The minimum absolute atomic E-state index is 0. The number of thiophene rings is 1. The van der Waals surface area contributed by atoms with E-state index in [1.165, 1.54) is 11.3 Å². The largest absolute Gasteiger partial charge is 0.386 e. The van der Waals surface area contributed by atoms with Gasteiger partial charge in [-0.05, 0) is 44.2 Å². The van der Waals surface area contributed by atoms with Gasteiger partial charge < -0.3 is 20.1 Å². The lowest BCUT2D eigenvalue weighted by atomic mass is 9.96. The van der Waals surface area contributed by atoms with Crippen molar-refractivity contribution in [2.24, 2.45) is 10.9 Å². The third kappa shape index (κ3) is 7.99. The van der Waals surface area contributed by atoms with Crippen LogP contribution in [-0.4, -0.2) is 55.9 Å². The van der Waals surface area contributed by atoms with Crippen LogP contribution in [0.5, 0.6) is 0 Å². The van der Waals surface area contributed by atoms with E-state index in [1.807, 2.05) is 6.07 Å². The van der Waals surface area contributed by atoms with Gasteiger partial charge in [0.25, 0.3) is 0 Å². The number of nitrogens with zero attached hydrogens (tertiary/aromatic N) is 2. The zero-order valence-electron chi connectivity index (χ0n) is 14.9. The van der Waals surface area contributed by atoms with Crippen molar-refractivity contribution in [2.45, 2.75) is 32.3 Å². The number of guanidine groups is 1. The topological polar surface area (TPSA) is 57.1 Å². The Labute approximate surface area is 176 Å². The Bertz CT molecular complexity index is 524. The molecule has 2 rings (SSSR count). The van der Waals surface area contributed by atoms with Gasteiger partial charge in [0.1, 0.15) is 6.10 Å². The summed E-state index contributed by atoms with van der Waals surface area (Å²) in [5.74, 6) is 1.58. The standard InChI is InChI=1S/C17H28ClN3O2S.HI/c1-3-19-17(20-12-14(22)15-4-5-16(18)24-15)21(2)9-6-13-7-10-23-11-8-13;/h4-5,13-14,22H,3,6-12H2,1-2H3,(H,19,20);1H. The molecule has 0 aliphatic carbocycles. The summed E-state index contributed by atoms with van der Waals surface area (Å²) in [6.07, 6.45) is 2.84. The monoisotopic (exact) mass is 501 g/mol. The van der Waals surface area contributed by atoms with Crippen molar-refractivity contribution in [3.8, 4) is 0 Å². The van der Waals surface area contributed by atoms with Gasteiger partial charge in [0, 0.05) is 38.2 Å². The van der Waals surface area contributed by atoms with Crippen LogP contribution in [0.15, 0.2) is 17.1 Å². The first-order valence-corrected chi connectivity index (χ1v) is 9.80. The quantitative estimate of drug-likeness (QED) is 0.339. The predicted molar refractivity (Wildman–Crippen MR) is 116 cm³/mol. The summed E-state index contributed by atoms with van der Waals surface area (Å²) in [5, 5.41) is 13.6. The Morgan fingerprint density at radius 1 is 1.48 bits per heavy atom. The van der Waals surface area contributed by atoms with E-state index < -0.39 is 6.10 Å². The first kappa shape index (κ1) is 23.0. The van der Waals surface area contributed by atoms with Gasteiger partial charge in [-0.3, -0.25) is 4.99 Å². The lowest BCUT2D eigenvalue weighted by molar-refractivity contribution is 0.0625. The number of hydrogen-bond donors (Lipinski definition) is 2. The van der Waals surface area contributed by atoms with Gasteiger partial charge >= 0.3 is 0 Å². The van der Waals surface area contributed by atoms with Crippen LogP contribution < -0.4 is 5.32 Å². The van der Waals surface area contributed by atoms with Gasteiger partial charge in [0.2, 0.25) is 0 Å². The molecule has 0 radical (unpaired) electrons. The number of hydrogen-bond acceptors (Lipinski definition) is 4. The van der Waals surface area contributed by atoms with Gasteiger partial charge in [-0.2, -0.15) is 0 Å². The maximum absolute atomic E-state index is 10.3. The SMILES string of the molecule is CCNC(=NCC(O)c1ccc(Cl)s1)N(C)CCC1CCOCC1.I. The number of aliphatic hydroxyl groups excluding tert-OH is 1. The fourth-order valence-electron chi connectivity index (χ4n) is 2.76. The average Bonchev–Trinajstić information content (AvgIpc) is 3.03. The Kier molecular flexibility index (Phi) is 11.3. The van der Waals surface area contributed by atoms with Crippen molar-refractivity contribution in [3.05, 3.63) is 21.3 Å². The Balaban J connectivity index is 0.00000312. The van der Waals surface area contributed by atoms with Crippen LogP contribution in [0.4, 0.5) is 0 Å². The molecular weight excluding hydrogens is 473 g/mol. The van der Waals surface area contributed by atoms with E-state index in [4.69, 9.17) is 16.3 Å². The van der Waals surface area contributed by atoms with Crippen LogP contribution >= 0.6 is 46.9 Å². The molecule has 5 nitrogen and oxygen atoms in total. The second kappa shape index (κ2) is 12.3. The number of halogens is 2. The third-order valence-corrected chi connectivity index (χ3v) is 5.58. The van der Waals surface area contributed by atoms with Crippen molar-refractivity contribution in [2.75, 3.05) is 39.9 Å². The number of aliphatic imine (C=N–C) groups is 1. The maximum atomic E-state index is 10.3. The summed E-state index contributed by atoms with van der Waals surface area (Å²) in [7, 11) is 2.05. The van der Waals surface area contributed by atoms with E-state index >= 15 is 0 Å². The van der Waals surface area contributed by atoms with E-state index in [9.17, 15) is 5.11 Å². The van der Waals surface area contributed by atoms with Crippen molar-refractivity contribution < 1.29 is 9.84 Å². The van der Waals surface area contributed by atoms with Crippen molar-refractivity contribution in [1.29, 1.82) is 0 Å². The second-order valence-corrected chi connectivity index (χ2v) is 7.86. The van der Waals surface area contributed by atoms with Crippen LogP contribution in [0.25, 0.3) is 0 Å². The summed E-state index contributed by atoms with van der Waals surface area (Å²) in [6.45, 7) is 5.92. The molecule has 1 aromatic rings. The molecule has 0 aromatic carbocycles. The van der Waals surface area contributed by atoms with Gasteiger partial charge in [-0.15, -0.1) is 35.3 Å². The molecule has 1 fully saturated rings. The smallest absolute Gasteiger partial charge is 0.193 e. The highest BCUT2D eigenvalue weighted by atomic mass is 127. The lowest BCUT2D eigenvalue weighted by Crippen LogP contribution is -2.40. The second-order valence-electron chi connectivity index (χ2n) is 6.12. The first-order chi connectivity index (χ1) is 11.6. The number of ether oxygens (including phenoxy) is 1. The Hall–Kier alpha value is -0.0900. The van der Waals surface area contributed by atoms with Gasteiger partial charge in [-0.1, -0.05) is 11.6 Å². The molecule has 2 heterocycles. The van der Waals surface area contributed by atoms with Crippen molar-refractivity contribution in [3.63, 3.8) is 0 Å². The van der Waals surface area contributed by atoms with Crippen LogP contribution in [0.2, 0.25) is 4.34 Å². The Morgan fingerprint density at radius 3 is 2.80 bits per heavy atom. The van der Waals surface area contributed by atoms with Gasteiger partial charge in [0.15, 0.2) is 5.96 Å². The summed E-state index contributed by atoms with van der Waals surface area (Å²) in [4.78, 5) is 7.58. The summed E-state index contributed by atoms with van der Waals surface area (Å²) in [5.41, 5.74) is 0. The normalized spacial score (nSPS) is 17.0.